The molecular weight excluding hydrogens is 364 g/mol. The number of aliphatic hydroxyl groups is 2. The lowest BCUT2D eigenvalue weighted by Crippen LogP contribution is -2.17. The molecule has 2 N–H and O–H groups in total. The Balaban J connectivity index is 1.92. The molecule has 0 heterocycles. The highest BCUT2D eigenvalue weighted by atomic mass is 16.5. The van der Waals surface area contributed by atoms with E-state index in [1.807, 2.05) is 37.3 Å². The minimum absolute atomic E-state index is 0.325. The largest absolute Gasteiger partial charge is 0.491 e. The second-order valence-electron chi connectivity index (χ2n) is 7.99. The SMILES string of the molecule is CCCCCC(O)COc1ccc2c(C)c(OCC(O)CCCCC)ccc2c1. The number of hydrogen-bond acceptors (Lipinski definition) is 4. The van der Waals surface area contributed by atoms with Gasteiger partial charge in [0.15, 0.2) is 0 Å². The van der Waals surface area contributed by atoms with Crippen molar-refractivity contribution in [1.29, 1.82) is 0 Å². The maximum absolute atomic E-state index is 10.1. The zero-order chi connectivity index (χ0) is 21.1. The first-order valence-electron chi connectivity index (χ1n) is 11.2. The number of rotatable bonds is 14. The molecule has 0 aliphatic carbocycles. The number of ether oxygens (including phenoxy) is 2. The summed E-state index contributed by atoms with van der Waals surface area (Å²) in [5, 5.41) is 22.3. The number of benzene rings is 2. The van der Waals surface area contributed by atoms with E-state index in [0.29, 0.717) is 13.2 Å². The molecule has 0 saturated heterocycles. The highest BCUT2D eigenvalue weighted by molar-refractivity contribution is 5.88. The summed E-state index contributed by atoms with van der Waals surface area (Å²) in [5.41, 5.74) is 1.06. The fourth-order valence-corrected chi connectivity index (χ4v) is 3.49. The second-order valence-corrected chi connectivity index (χ2v) is 7.99. The molecule has 0 fully saturated rings. The quantitative estimate of drug-likeness (QED) is 0.393. The number of aryl methyl sites for hydroxylation is 1. The van der Waals surface area contributed by atoms with Crippen LogP contribution in [0.25, 0.3) is 10.8 Å². The summed E-state index contributed by atoms with van der Waals surface area (Å²) in [6.45, 7) is 7.01. The first-order valence-corrected chi connectivity index (χ1v) is 11.2. The molecule has 29 heavy (non-hydrogen) atoms. The topological polar surface area (TPSA) is 58.9 Å². The molecule has 162 valence electrons. The molecule has 2 aromatic carbocycles. The smallest absolute Gasteiger partial charge is 0.122 e. The summed E-state index contributed by atoms with van der Waals surface area (Å²) in [4.78, 5) is 0. The number of fused-ring (bicyclic) bond motifs is 1. The Morgan fingerprint density at radius 1 is 0.793 bits per heavy atom. The molecule has 0 aliphatic rings. The molecule has 4 nitrogen and oxygen atoms in total. The van der Waals surface area contributed by atoms with Gasteiger partial charge in [0.05, 0.1) is 12.2 Å². The van der Waals surface area contributed by atoms with Crippen LogP contribution in [0.5, 0.6) is 11.5 Å². The van der Waals surface area contributed by atoms with Crippen LogP contribution in [-0.2, 0) is 0 Å². The predicted octanol–water partition coefficient (Wildman–Crippen LogP) is 5.79. The summed E-state index contributed by atoms with van der Waals surface area (Å²) in [6.07, 6.45) is 7.40. The Morgan fingerprint density at radius 3 is 2.03 bits per heavy atom. The Kier molecular flexibility index (Phi) is 10.3. The standard InChI is InChI=1S/C25H38O4/c1-4-6-8-10-21(26)17-28-23-13-14-24-19(3)25(15-12-20(24)16-23)29-18-22(27)11-9-7-5-2/h12-16,21-22,26-27H,4-11,17-18H2,1-3H3. The Labute approximate surface area is 175 Å². The summed E-state index contributed by atoms with van der Waals surface area (Å²) in [5.74, 6) is 1.58. The van der Waals surface area contributed by atoms with Crippen LogP contribution in [-0.4, -0.2) is 35.6 Å². The summed E-state index contributed by atoms with van der Waals surface area (Å²) < 4.78 is 11.7. The van der Waals surface area contributed by atoms with Gasteiger partial charge in [0.25, 0.3) is 0 Å². The van der Waals surface area contributed by atoms with Crippen molar-refractivity contribution in [3.63, 3.8) is 0 Å². The third kappa shape index (κ3) is 7.87. The van der Waals surface area contributed by atoms with Crippen LogP contribution in [0.4, 0.5) is 0 Å². The molecule has 4 heteroatoms. The van der Waals surface area contributed by atoms with Crippen molar-refractivity contribution < 1.29 is 19.7 Å². The lowest BCUT2D eigenvalue weighted by molar-refractivity contribution is 0.0972. The maximum atomic E-state index is 10.1. The molecule has 0 bridgehead atoms. The van der Waals surface area contributed by atoms with Crippen LogP contribution < -0.4 is 9.47 Å². The van der Waals surface area contributed by atoms with Crippen LogP contribution >= 0.6 is 0 Å². The lowest BCUT2D eigenvalue weighted by Gasteiger charge is -2.16. The molecule has 0 aliphatic heterocycles. The second kappa shape index (κ2) is 12.7. The van der Waals surface area contributed by atoms with Gasteiger partial charge in [-0.25, -0.2) is 0 Å². The van der Waals surface area contributed by atoms with Crippen molar-refractivity contribution in [1.82, 2.24) is 0 Å². The molecule has 0 spiro atoms. The zero-order valence-electron chi connectivity index (χ0n) is 18.3. The van der Waals surface area contributed by atoms with Gasteiger partial charge >= 0.3 is 0 Å². The van der Waals surface area contributed by atoms with E-state index in [4.69, 9.17) is 9.47 Å². The molecule has 0 saturated carbocycles. The van der Waals surface area contributed by atoms with Gasteiger partial charge in [0.1, 0.15) is 24.7 Å². The van der Waals surface area contributed by atoms with Crippen molar-refractivity contribution in [3.05, 3.63) is 35.9 Å². The van der Waals surface area contributed by atoms with E-state index in [9.17, 15) is 10.2 Å². The van der Waals surface area contributed by atoms with E-state index in [1.165, 1.54) is 0 Å². The van der Waals surface area contributed by atoms with E-state index in [1.54, 1.807) is 0 Å². The Hall–Kier alpha value is -1.78. The monoisotopic (exact) mass is 402 g/mol. The molecule has 2 aromatic rings. The van der Waals surface area contributed by atoms with Crippen LogP contribution in [0, 0.1) is 6.92 Å². The van der Waals surface area contributed by atoms with Crippen LogP contribution in [0.2, 0.25) is 0 Å². The summed E-state index contributed by atoms with van der Waals surface area (Å²) >= 11 is 0. The molecule has 2 atom stereocenters. The summed E-state index contributed by atoms with van der Waals surface area (Å²) in [7, 11) is 0. The van der Waals surface area contributed by atoms with Gasteiger partial charge in [-0.05, 0) is 54.3 Å². The van der Waals surface area contributed by atoms with Crippen molar-refractivity contribution >= 4 is 10.8 Å². The van der Waals surface area contributed by atoms with Crippen LogP contribution in [0.1, 0.15) is 70.8 Å². The molecule has 2 unspecified atom stereocenters. The summed E-state index contributed by atoms with van der Waals surface area (Å²) in [6, 6.07) is 9.96. The van der Waals surface area contributed by atoms with Gasteiger partial charge in [-0.15, -0.1) is 0 Å². The molecule has 0 aromatic heterocycles. The lowest BCUT2D eigenvalue weighted by atomic mass is 10.0. The van der Waals surface area contributed by atoms with E-state index in [2.05, 4.69) is 13.8 Å². The predicted molar refractivity (Wildman–Crippen MR) is 120 cm³/mol. The molecule has 2 rings (SSSR count). The zero-order valence-corrected chi connectivity index (χ0v) is 18.3. The molecule has 0 radical (unpaired) electrons. The third-order valence-electron chi connectivity index (χ3n) is 5.37. The van der Waals surface area contributed by atoms with E-state index >= 15 is 0 Å². The maximum Gasteiger partial charge on any atom is 0.122 e. The van der Waals surface area contributed by atoms with Gasteiger partial charge < -0.3 is 19.7 Å². The Bertz CT molecular complexity index is 728. The average Bonchev–Trinajstić information content (AvgIpc) is 2.72. The highest BCUT2D eigenvalue weighted by Crippen LogP contribution is 2.30. The minimum atomic E-state index is -0.420. The van der Waals surface area contributed by atoms with Crippen molar-refractivity contribution in [2.45, 2.75) is 84.3 Å². The van der Waals surface area contributed by atoms with Crippen molar-refractivity contribution in [2.24, 2.45) is 0 Å². The molecule has 0 amide bonds. The van der Waals surface area contributed by atoms with E-state index in [-0.39, 0.29) is 0 Å². The van der Waals surface area contributed by atoms with Gasteiger partial charge in [-0.3, -0.25) is 0 Å². The van der Waals surface area contributed by atoms with Crippen molar-refractivity contribution in [3.8, 4) is 11.5 Å². The van der Waals surface area contributed by atoms with Crippen LogP contribution in [0.3, 0.4) is 0 Å². The van der Waals surface area contributed by atoms with Crippen LogP contribution in [0.15, 0.2) is 30.3 Å². The van der Waals surface area contributed by atoms with E-state index in [0.717, 1.165) is 79.2 Å². The first-order chi connectivity index (χ1) is 14.0. The van der Waals surface area contributed by atoms with Gasteiger partial charge in [0.2, 0.25) is 0 Å². The van der Waals surface area contributed by atoms with Gasteiger partial charge in [-0.1, -0.05) is 64.5 Å². The number of unbranched alkanes of at least 4 members (excludes halogenated alkanes) is 4. The average molecular weight is 403 g/mol. The number of hydrogen-bond donors (Lipinski definition) is 2. The van der Waals surface area contributed by atoms with Crippen molar-refractivity contribution in [2.75, 3.05) is 13.2 Å². The minimum Gasteiger partial charge on any atom is -0.491 e. The van der Waals surface area contributed by atoms with E-state index < -0.39 is 12.2 Å². The first kappa shape index (κ1) is 23.5. The number of aliphatic hydroxyl groups excluding tert-OH is 2. The third-order valence-corrected chi connectivity index (χ3v) is 5.37. The Morgan fingerprint density at radius 2 is 1.41 bits per heavy atom. The fourth-order valence-electron chi connectivity index (χ4n) is 3.49. The van der Waals surface area contributed by atoms with Gasteiger partial charge in [0, 0.05) is 0 Å². The fraction of sp³-hybridized carbons (Fsp3) is 0.600. The normalized spacial score (nSPS) is 13.4. The molecular formula is C25H38O4. The highest BCUT2D eigenvalue weighted by Gasteiger charge is 2.10. The van der Waals surface area contributed by atoms with Gasteiger partial charge in [-0.2, -0.15) is 0 Å².